The van der Waals surface area contributed by atoms with Crippen molar-refractivity contribution < 1.29 is 4.92 Å². The molecule has 4 rings (SSSR count). The van der Waals surface area contributed by atoms with E-state index < -0.39 is 0 Å². The molecule has 0 bridgehead atoms. The van der Waals surface area contributed by atoms with Gasteiger partial charge in [0.15, 0.2) is 0 Å². The van der Waals surface area contributed by atoms with Crippen molar-refractivity contribution >= 4 is 5.69 Å². The molecule has 1 aromatic carbocycles. The van der Waals surface area contributed by atoms with Crippen LogP contribution in [0.25, 0.3) is 0 Å². The van der Waals surface area contributed by atoms with E-state index in [1.807, 2.05) is 12.1 Å². The second-order valence-corrected chi connectivity index (χ2v) is 6.82. The lowest BCUT2D eigenvalue weighted by Gasteiger charge is -2.35. The normalized spacial score (nSPS) is 32.5. The second kappa shape index (κ2) is 5.63. The molecule has 0 aliphatic carbocycles. The lowest BCUT2D eigenvalue weighted by molar-refractivity contribution is -0.384. The largest absolute Gasteiger partial charge is 0.280 e. The molecule has 3 atom stereocenters. The lowest BCUT2D eigenvalue weighted by atomic mass is 9.92. The summed E-state index contributed by atoms with van der Waals surface area (Å²) in [5.74, 6) is 0. The maximum absolute atomic E-state index is 10.9. The minimum atomic E-state index is -0.314. The Balaban J connectivity index is 1.67. The third-order valence-electron chi connectivity index (χ3n) is 5.66. The number of hydrogen-bond donors (Lipinski definition) is 0. The van der Waals surface area contributed by atoms with E-state index >= 15 is 0 Å². The van der Waals surface area contributed by atoms with E-state index in [1.54, 1.807) is 12.1 Å². The molecule has 0 N–H and O–H groups in total. The average Bonchev–Trinajstić information content (AvgIpc) is 2.89. The van der Waals surface area contributed by atoms with Gasteiger partial charge in [0, 0.05) is 37.3 Å². The molecule has 5 heteroatoms. The van der Waals surface area contributed by atoms with Crippen LogP contribution in [0, 0.1) is 10.1 Å². The first-order valence-electron chi connectivity index (χ1n) is 8.51. The van der Waals surface area contributed by atoms with E-state index in [9.17, 15) is 10.1 Å². The molecule has 3 fully saturated rings. The molecule has 0 radical (unpaired) electrons. The van der Waals surface area contributed by atoms with Crippen molar-refractivity contribution in [2.24, 2.45) is 0 Å². The molecule has 0 saturated carbocycles. The number of nitro benzene ring substituents is 1. The van der Waals surface area contributed by atoms with Crippen LogP contribution in [0.1, 0.15) is 50.3 Å². The molecule has 22 heavy (non-hydrogen) atoms. The summed E-state index contributed by atoms with van der Waals surface area (Å²) in [6, 6.07) is 8.62. The van der Waals surface area contributed by atoms with Crippen molar-refractivity contribution in [1.29, 1.82) is 0 Å². The first-order chi connectivity index (χ1) is 10.8. The van der Waals surface area contributed by atoms with Gasteiger partial charge in [0.2, 0.25) is 0 Å². The van der Waals surface area contributed by atoms with Gasteiger partial charge in [0.1, 0.15) is 0 Å². The van der Waals surface area contributed by atoms with Crippen LogP contribution >= 0.6 is 0 Å². The Morgan fingerprint density at radius 1 is 0.909 bits per heavy atom. The monoisotopic (exact) mass is 301 g/mol. The highest BCUT2D eigenvalue weighted by atomic mass is 16.6. The zero-order valence-electron chi connectivity index (χ0n) is 12.9. The Morgan fingerprint density at radius 2 is 1.45 bits per heavy atom. The number of hydrogen-bond acceptors (Lipinski definition) is 4. The first-order valence-corrected chi connectivity index (χ1v) is 8.51. The maximum Gasteiger partial charge on any atom is 0.269 e. The highest BCUT2D eigenvalue weighted by Crippen LogP contribution is 2.45. The molecule has 3 aliphatic heterocycles. The fraction of sp³-hybridized carbons (Fsp3) is 0.647. The fourth-order valence-electron chi connectivity index (χ4n) is 4.73. The smallest absolute Gasteiger partial charge is 0.269 e. The summed E-state index contributed by atoms with van der Waals surface area (Å²) in [5, 5.41) is 10.9. The van der Waals surface area contributed by atoms with E-state index in [4.69, 9.17) is 0 Å². The molecule has 5 nitrogen and oxygen atoms in total. The van der Waals surface area contributed by atoms with Gasteiger partial charge in [-0.2, -0.15) is 0 Å². The molecule has 0 spiro atoms. The number of nitro groups is 1. The number of piperidine rings is 2. The average molecular weight is 301 g/mol. The maximum atomic E-state index is 10.9. The Hall–Kier alpha value is -1.46. The van der Waals surface area contributed by atoms with Crippen molar-refractivity contribution in [1.82, 2.24) is 9.80 Å². The van der Waals surface area contributed by atoms with Gasteiger partial charge in [0.05, 0.1) is 11.1 Å². The van der Waals surface area contributed by atoms with Crippen LogP contribution < -0.4 is 0 Å². The number of fused-ring (bicyclic) bond motifs is 3. The van der Waals surface area contributed by atoms with Gasteiger partial charge in [-0.3, -0.25) is 19.9 Å². The van der Waals surface area contributed by atoms with E-state index in [2.05, 4.69) is 9.80 Å². The van der Waals surface area contributed by atoms with Gasteiger partial charge < -0.3 is 0 Å². The standard InChI is InChI=1S/C17H23N3O2/c21-20(22)14-9-7-13(8-10-14)17-18-11-3-1-5-15(18)16-6-2-4-12-19(16)17/h7-10,15-17H,1-6,11-12H2/t15-,16?,17?/m1/s1. The van der Waals surface area contributed by atoms with Gasteiger partial charge in [-0.15, -0.1) is 0 Å². The number of benzene rings is 1. The summed E-state index contributed by atoms with van der Waals surface area (Å²) in [6.45, 7) is 2.33. The molecule has 0 aromatic heterocycles. The molecular formula is C17H23N3O2. The predicted octanol–water partition coefficient (Wildman–Crippen LogP) is 3.32. The van der Waals surface area contributed by atoms with Gasteiger partial charge in [-0.25, -0.2) is 0 Å². The molecule has 3 saturated heterocycles. The Bertz CT molecular complexity index is 538. The van der Waals surface area contributed by atoms with Crippen LogP contribution in [0.15, 0.2) is 24.3 Å². The van der Waals surface area contributed by atoms with Crippen molar-refractivity contribution in [3.63, 3.8) is 0 Å². The summed E-state index contributed by atoms with van der Waals surface area (Å²) in [4.78, 5) is 15.9. The van der Waals surface area contributed by atoms with Crippen molar-refractivity contribution in [3.8, 4) is 0 Å². The zero-order valence-corrected chi connectivity index (χ0v) is 12.9. The third-order valence-corrected chi connectivity index (χ3v) is 5.66. The summed E-state index contributed by atoms with van der Waals surface area (Å²) in [7, 11) is 0. The highest BCUT2D eigenvalue weighted by Gasteiger charge is 2.48. The molecular weight excluding hydrogens is 278 g/mol. The number of rotatable bonds is 2. The SMILES string of the molecule is O=[N+]([O-])c1ccc(C2N3CCCCC3[C@H]3CCCCN23)cc1. The summed E-state index contributed by atoms with van der Waals surface area (Å²) in [6.07, 6.45) is 8.20. The van der Waals surface area contributed by atoms with Crippen molar-refractivity contribution in [3.05, 3.63) is 39.9 Å². The summed E-state index contributed by atoms with van der Waals surface area (Å²) in [5.41, 5.74) is 1.41. The Labute approximate surface area is 131 Å². The van der Waals surface area contributed by atoms with Crippen LogP contribution in [-0.4, -0.2) is 39.9 Å². The fourth-order valence-corrected chi connectivity index (χ4v) is 4.73. The zero-order chi connectivity index (χ0) is 15.1. The molecule has 0 amide bonds. The predicted molar refractivity (Wildman–Crippen MR) is 84.5 cm³/mol. The lowest BCUT2D eigenvalue weighted by Crippen LogP contribution is -2.41. The number of nitrogens with zero attached hydrogens (tertiary/aromatic N) is 3. The van der Waals surface area contributed by atoms with Gasteiger partial charge in [-0.1, -0.05) is 12.8 Å². The van der Waals surface area contributed by atoms with Crippen molar-refractivity contribution in [2.45, 2.75) is 56.8 Å². The van der Waals surface area contributed by atoms with Gasteiger partial charge >= 0.3 is 0 Å². The van der Waals surface area contributed by atoms with Crippen molar-refractivity contribution in [2.75, 3.05) is 13.1 Å². The van der Waals surface area contributed by atoms with E-state index in [-0.39, 0.29) is 10.6 Å². The highest BCUT2D eigenvalue weighted by molar-refractivity contribution is 5.35. The molecule has 3 heterocycles. The van der Waals surface area contributed by atoms with Crippen LogP contribution in [0.4, 0.5) is 5.69 Å². The number of non-ortho nitro benzene ring substituents is 1. The summed E-state index contributed by atoms with van der Waals surface area (Å²) >= 11 is 0. The molecule has 1 aromatic rings. The van der Waals surface area contributed by atoms with E-state index in [0.29, 0.717) is 18.2 Å². The minimum Gasteiger partial charge on any atom is -0.280 e. The Kier molecular flexibility index (Phi) is 3.62. The topological polar surface area (TPSA) is 49.6 Å². The quantitative estimate of drug-likeness (QED) is 0.621. The molecule has 2 unspecified atom stereocenters. The van der Waals surface area contributed by atoms with E-state index in [0.717, 1.165) is 0 Å². The van der Waals surface area contributed by atoms with Gasteiger partial charge in [-0.05, 0) is 43.4 Å². The van der Waals surface area contributed by atoms with E-state index in [1.165, 1.54) is 57.2 Å². The van der Waals surface area contributed by atoms with Gasteiger partial charge in [0.25, 0.3) is 5.69 Å². The van der Waals surface area contributed by atoms with Crippen LogP contribution in [0.5, 0.6) is 0 Å². The second-order valence-electron chi connectivity index (χ2n) is 6.82. The minimum absolute atomic E-state index is 0.187. The Morgan fingerprint density at radius 3 is 1.95 bits per heavy atom. The molecule has 3 aliphatic rings. The van der Waals surface area contributed by atoms with Crippen LogP contribution in [0.3, 0.4) is 0 Å². The van der Waals surface area contributed by atoms with Crippen LogP contribution in [-0.2, 0) is 0 Å². The molecule has 118 valence electrons. The summed E-state index contributed by atoms with van der Waals surface area (Å²) < 4.78 is 0. The third kappa shape index (κ3) is 2.23. The van der Waals surface area contributed by atoms with Crippen LogP contribution in [0.2, 0.25) is 0 Å². The first kappa shape index (κ1) is 14.2.